The summed E-state index contributed by atoms with van der Waals surface area (Å²) in [5.41, 5.74) is 0.404. The first-order chi connectivity index (χ1) is 6.46. The van der Waals surface area contributed by atoms with Crippen LogP contribution in [0.1, 0.15) is 27.7 Å². The molecule has 0 bridgehead atoms. The fourth-order valence-electron chi connectivity index (χ4n) is 1.31. The highest BCUT2D eigenvalue weighted by Gasteiger charge is 2.24. The van der Waals surface area contributed by atoms with Crippen LogP contribution in [0.5, 0.6) is 0 Å². The number of rotatable bonds is 2. The Labute approximate surface area is 89.4 Å². The van der Waals surface area contributed by atoms with Gasteiger partial charge in [0, 0.05) is 0 Å². The molecule has 0 amide bonds. The predicted octanol–water partition coefficient (Wildman–Crippen LogP) is 2.91. The Hall–Kier alpha value is -0.700. The Balaban J connectivity index is 2.82. The molecule has 0 saturated carbocycles. The summed E-state index contributed by atoms with van der Waals surface area (Å²) in [7, 11) is 0. The van der Waals surface area contributed by atoms with E-state index in [1.807, 2.05) is 39.8 Å². The lowest BCUT2D eigenvalue weighted by atomic mass is 10.0. The van der Waals surface area contributed by atoms with Crippen molar-refractivity contribution in [2.45, 2.75) is 33.3 Å². The summed E-state index contributed by atoms with van der Waals surface area (Å²) in [6.45, 7) is 7.76. The van der Waals surface area contributed by atoms with Crippen molar-refractivity contribution in [2.75, 3.05) is 5.75 Å². The number of ether oxygens (including phenoxy) is 1. The number of allylic oxidation sites excluding steroid dienone is 2. The molecule has 14 heavy (non-hydrogen) atoms. The monoisotopic (exact) mass is 212 g/mol. The van der Waals surface area contributed by atoms with Crippen LogP contribution in [0, 0.1) is 0 Å². The van der Waals surface area contributed by atoms with Crippen molar-refractivity contribution in [1.29, 1.82) is 0 Å². The van der Waals surface area contributed by atoms with Gasteiger partial charge < -0.3 is 4.74 Å². The lowest BCUT2D eigenvalue weighted by Gasteiger charge is -2.27. The molecule has 1 heterocycles. The summed E-state index contributed by atoms with van der Waals surface area (Å²) >= 11 is 1.31. The van der Waals surface area contributed by atoms with E-state index in [1.54, 1.807) is 0 Å². The molecule has 2 nitrogen and oxygen atoms in total. The number of hydrogen-bond acceptors (Lipinski definition) is 3. The SMILES string of the molecule is CCSC(=O)C1=C(C)OC(C)(C)C=C1. The summed E-state index contributed by atoms with van der Waals surface area (Å²) < 4.78 is 5.61. The van der Waals surface area contributed by atoms with Gasteiger partial charge in [0.15, 0.2) is 0 Å². The zero-order valence-corrected chi connectivity index (χ0v) is 9.90. The van der Waals surface area contributed by atoms with Crippen LogP contribution in [0.25, 0.3) is 0 Å². The van der Waals surface area contributed by atoms with Crippen molar-refractivity contribution in [3.8, 4) is 0 Å². The molecule has 0 aromatic heterocycles. The fourth-order valence-corrected chi connectivity index (χ4v) is 1.94. The Morgan fingerprint density at radius 2 is 2.21 bits per heavy atom. The maximum atomic E-state index is 11.6. The van der Waals surface area contributed by atoms with Gasteiger partial charge in [0.1, 0.15) is 11.4 Å². The van der Waals surface area contributed by atoms with Crippen LogP contribution in [-0.4, -0.2) is 16.5 Å². The van der Waals surface area contributed by atoms with Gasteiger partial charge in [-0.05, 0) is 38.7 Å². The lowest BCUT2D eigenvalue weighted by molar-refractivity contribution is -0.108. The molecule has 1 aliphatic rings. The Bertz CT molecular complexity index is 300. The van der Waals surface area contributed by atoms with Crippen LogP contribution in [-0.2, 0) is 9.53 Å². The Morgan fingerprint density at radius 3 is 2.71 bits per heavy atom. The van der Waals surface area contributed by atoms with Gasteiger partial charge in [-0.2, -0.15) is 0 Å². The zero-order chi connectivity index (χ0) is 10.8. The van der Waals surface area contributed by atoms with E-state index in [4.69, 9.17) is 4.74 Å². The van der Waals surface area contributed by atoms with E-state index in [9.17, 15) is 4.79 Å². The van der Waals surface area contributed by atoms with Gasteiger partial charge in [-0.25, -0.2) is 0 Å². The van der Waals surface area contributed by atoms with Crippen LogP contribution in [0.3, 0.4) is 0 Å². The number of carbonyl (C=O) groups excluding carboxylic acids is 1. The minimum absolute atomic E-state index is 0.0942. The van der Waals surface area contributed by atoms with E-state index < -0.39 is 0 Å². The van der Waals surface area contributed by atoms with Crippen LogP contribution in [0.15, 0.2) is 23.5 Å². The lowest BCUT2D eigenvalue weighted by Crippen LogP contribution is -2.24. The molecule has 1 rings (SSSR count). The molecule has 0 aromatic carbocycles. The van der Waals surface area contributed by atoms with Gasteiger partial charge in [-0.15, -0.1) is 0 Å². The van der Waals surface area contributed by atoms with E-state index in [1.165, 1.54) is 11.8 Å². The first-order valence-corrected chi connectivity index (χ1v) is 5.71. The van der Waals surface area contributed by atoms with Crippen LogP contribution in [0.4, 0.5) is 0 Å². The second kappa shape index (κ2) is 4.22. The molecule has 1 aliphatic heterocycles. The first-order valence-electron chi connectivity index (χ1n) is 4.72. The Kier molecular flexibility index (Phi) is 3.43. The number of thioether (sulfide) groups is 1. The van der Waals surface area contributed by atoms with Crippen molar-refractivity contribution in [3.05, 3.63) is 23.5 Å². The summed E-state index contributed by atoms with van der Waals surface area (Å²) in [4.78, 5) is 11.6. The summed E-state index contributed by atoms with van der Waals surface area (Å²) in [6.07, 6.45) is 3.78. The predicted molar refractivity (Wildman–Crippen MR) is 60.1 cm³/mol. The van der Waals surface area contributed by atoms with Crippen molar-refractivity contribution in [3.63, 3.8) is 0 Å². The largest absolute Gasteiger partial charge is 0.488 e. The standard InChI is InChI=1S/C11H16O2S/c1-5-14-10(12)9-6-7-11(3,4)13-8(9)2/h6-7H,5H2,1-4H3. The molecule has 0 N–H and O–H groups in total. The molecule has 0 unspecified atom stereocenters. The van der Waals surface area contributed by atoms with Crippen molar-refractivity contribution >= 4 is 16.9 Å². The molecule has 0 aliphatic carbocycles. The smallest absolute Gasteiger partial charge is 0.222 e. The van der Waals surface area contributed by atoms with Crippen molar-refractivity contribution in [1.82, 2.24) is 0 Å². The fraction of sp³-hybridized carbons (Fsp3) is 0.545. The summed E-state index contributed by atoms with van der Waals surface area (Å²) in [6, 6.07) is 0. The van der Waals surface area contributed by atoms with Gasteiger partial charge in [0.25, 0.3) is 0 Å². The van der Waals surface area contributed by atoms with Gasteiger partial charge in [0.2, 0.25) is 5.12 Å². The second-order valence-corrected chi connectivity index (χ2v) is 4.97. The van der Waals surface area contributed by atoms with E-state index in [2.05, 4.69) is 0 Å². The van der Waals surface area contributed by atoms with E-state index in [0.29, 0.717) is 5.57 Å². The first kappa shape index (κ1) is 11.4. The minimum atomic E-state index is -0.287. The molecule has 0 radical (unpaired) electrons. The highest BCUT2D eigenvalue weighted by Crippen LogP contribution is 2.27. The molecule has 0 fully saturated rings. The second-order valence-electron chi connectivity index (χ2n) is 3.73. The van der Waals surface area contributed by atoms with Crippen molar-refractivity contribution < 1.29 is 9.53 Å². The highest BCUT2D eigenvalue weighted by molar-refractivity contribution is 8.14. The van der Waals surface area contributed by atoms with E-state index in [0.717, 1.165) is 11.5 Å². The zero-order valence-electron chi connectivity index (χ0n) is 9.09. The van der Waals surface area contributed by atoms with Gasteiger partial charge in [0.05, 0.1) is 5.57 Å². The number of carbonyl (C=O) groups is 1. The van der Waals surface area contributed by atoms with Crippen molar-refractivity contribution in [2.24, 2.45) is 0 Å². The maximum Gasteiger partial charge on any atom is 0.222 e. The van der Waals surface area contributed by atoms with Gasteiger partial charge in [-0.1, -0.05) is 18.7 Å². The normalized spacial score (nSPS) is 19.4. The average molecular weight is 212 g/mol. The quantitative estimate of drug-likeness (QED) is 0.704. The molecule has 3 heteroatoms. The van der Waals surface area contributed by atoms with Crippen LogP contribution < -0.4 is 0 Å². The number of hydrogen-bond donors (Lipinski definition) is 0. The topological polar surface area (TPSA) is 26.3 Å². The average Bonchev–Trinajstić information content (AvgIpc) is 2.02. The van der Waals surface area contributed by atoms with Crippen LogP contribution in [0.2, 0.25) is 0 Å². The molecular formula is C11H16O2S. The minimum Gasteiger partial charge on any atom is -0.488 e. The van der Waals surface area contributed by atoms with Gasteiger partial charge in [-0.3, -0.25) is 4.79 Å². The molecule has 0 aromatic rings. The summed E-state index contributed by atoms with van der Waals surface area (Å²) in [5, 5.41) is 0.0942. The van der Waals surface area contributed by atoms with Crippen LogP contribution >= 0.6 is 11.8 Å². The third-order valence-electron chi connectivity index (χ3n) is 1.94. The van der Waals surface area contributed by atoms with E-state index >= 15 is 0 Å². The maximum absolute atomic E-state index is 11.6. The Morgan fingerprint density at radius 1 is 1.57 bits per heavy atom. The molecule has 0 atom stereocenters. The van der Waals surface area contributed by atoms with Gasteiger partial charge >= 0.3 is 0 Å². The third-order valence-corrected chi connectivity index (χ3v) is 2.71. The van der Waals surface area contributed by atoms with E-state index in [-0.39, 0.29) is 10.7 Å². The molecular weight excluding hydrogens is 196 g/mol. The molecule has 0 saturated heterocycles. The molecule has 0 spiro atoms. The third kappa shape index (κ3) is 2.64. The summed E-state index contributed by atoms with van der Waals surface area (Å²) in [5.74, 6) is 1.52. The molecule has 78 valence electrons. The highest BCUT2D eigenvalue weighted by atomic mass is 32.2.